The lowest BCUT2D eigenvalue weighted by Gasteiger charge is -2.34. The fourth-order valence-corrected chi connectivity index (χ4v) is 6.04. The van der Waals surface area contributed by atoms with Crippen molar-refractivity contribution in [1.82, 2.24) is 15.1 Å². The standard InChI is InChI=1S/C17H27N3O5S/c1-3-12-4-7-17(8-5-12)15(22)20(16(23)18-17)10-14(21)19(2)13-6-9-26(24,25)11-13/h12-13H,3-11H2,1-2H3,(H,18,23)/t12?,13-,17?/m0/s1. The highest BCUT2D eigenvalue weighted by Gasteiger charge is 2.52. The van der Waals surface area contributed by atoms with Crippen LogP contribution in [0.25, 0.3) is 0 Å². The normalized spacial score (nSPS) is 33.5. The summed E-state index contributed by atoms with van der Waals surface area (Å²) >= 11 is 0. The number of nitrogens with one attached hydrogen (secondary N) is 1. The van der Waals surface area contributed by atoms with Gasteiger partial charge in [0.2, 0.25) is 5.91 Å². The van der Waals surface area contributed by atoms with E-state index in [9.17, 15) is 22.8 Å². The number of nitrogens with zero attached hydrogens (tertiary/aromatic N) is 2. The van der Waals surface area contributed by atoms with Crippen molar-refractivity contribution in [3.8, 4) is 0 Å². The zero-order valence-corrected chi connectivity index (χ0v) is 16.2. The molecule has 1 spiro atoms. The molecule has 4 amide bonds. The average molecular weight is 385 g/mol. The van der Waals surface area contributed by atoms with Crippen LogP contribution >= 0.6 is 0 Å². The van der Waals surface area contributed by atoms with Crippen LogP contribution in [0, 0.1) is 5.92 Å². The number of hydrogen-bond acceptors (Lipinski definition) is 5. The summed E-state index contributed by atoms with van der Waals surface area (Å²) in [6, 6.07) is -0.909. The Morgan fingerprint density at radius 3 is 2.46 bits per heavy atom. The Bertz CT molecular complexity index is 712. The third-order valence-corrected chi connectivity index (χ3v) is 7.98. The molecular formula is C17H27N3O5S. The maximum absolute atomic E-state index is 12.8. The maximum Gasteiger partial charge on any atom is 0.325 e. The molecule has 9 heteroatoms. The number of amides is 4. The highest BCUT2D eigenvalue weighted by atomic mass is 32.2. The summed E-state index contributed by atoms with van der Waals surface area (Å²) in [5.74, 6) is -0.137. The van der Waals surface area contributed by atoms with E-state index in [1.807, 2.05) is 0 Å². The Hall–Kier alpha value is -1.64. The molecule has 0 aromatic rings. The zero-order valence-electron chi connectivity index (χ0n) is 15.4. The lowest BCUT2D eigenvalue weighted by molar-refractivity contribution is -0.139. The molecule has 3 fully saturated rings. The predicted molar refractivity (Wildman–Crippen MR) is 95.1 cm³/mol. The molecule has 0 aromatic heterocycles. The Kier molecular flexibility index (Phi) is 5.02. The number of carbonyl (C=O) groups is 3. The summed E-state index contributed by atoms with van der Waals surface area (Å²) in [4.78, 5) is 40.0. The Labute approximate surface area is 154 Å². The second-order valence-corrected chi connectivity index (χ2v) is 10.0. The van der Waals surface area contributed by atoms with E-state index in [1.54, 1.807) is 0 Å². The van der Waals surface area contributed by atoms with Crippen LogP contribution in [0.1, 0.15) is 45.4 Å². The average Bonchev–Trinajstić information content (AvgIpc) is 3.07. The number of sulfone groups is 1. The largest absolute Gasteiger partial charge is 0.340 e. The molecule has 1 saturated carbocycles. The number of carbonyl (C=O) groups excluding carboxylic acids is 3. The number of rotatable bonds is 4. The third-order valence-electron chi connectivity index (χ3n) is 6.22. The number of imide groups is 1. The van der Waals surface area contributed by atoms with Crippen LogP contribution in [0.5, 0.6) is 0 Å². The molecule has 1 aliphatic carbocycles. The Balaban J connectivity index is 1.64. The van der Waals surface area contributed by atoms with Gasteiger partial charge in [0.1, 0.15) is 12.1 Å². The Morgan fingerprint density at radius 2 is 1.92 bits per heavy atom. The minimum atomic E-state index is -3.11. The van der Waals surface area contributed by atoms with E-state index in [0.717, 1.165) is 24.2 Å². The van der Waals surface area contributed by atoms with Gasteiger partial charge in [-0.3, -0.25) is 14.5 Å². The van der Waals surface area contributed by atoms with E-state index in [1.165, 1.54) is 11.9 Å². The van der Waals surface area contributed by atoms with Crippen molar-refractivity contribution >= 4 is 27.7 Å². The van der Waals surface area contributed by atoms with Crippen LogP contribution in [0.2, 0.25) is 0 Å². The molecule has 0 bridgehead atoms. The smallest absolute Gasteiger partial charge is 0.325 e. The fourth-order valence-electron chi connectivity index (χ4n) is 4.27. The Morgan fingerprint density at radius 1 is 1.27 bits per heavy atom. The molecule has 1 atom stereocenters. The van der Waals surface area contributed by atoms with Gasteiger partial charge >= 0.3 is 6.03 Å². The molecule has 2 heterocycles. The van der Waals surface area contributed by atoms with Gasteiger partial charge in [0.05, 0.1) is 11.5 Å². The molecule has 0 aromatic carbocycles. The summed E-state index contributed by atoms with van der Waals surface area (Å²) < 4.78 is 23.2. The van der Waals surface area contributed by atoms with E-state index in [0.29, 0.717) is 25.2 Å². The molecule has 3 rings (SSSR count). The molecule has 0 unspecified atom stereocenters. The molecule has 3 aliphatic rings. The van der Waals surface area contributed by atoms with Crippen LogP contribution < -0.4 is 5.32 Å². The SMILES string of the molecule is CCC1CCC2(CC1)NC(=O)N(CC(=O)N(C)[C@H]1CCS(=O)(=O)C1)C2=O. The van der Waals surface area contributed by atoms with Crippen molar-refractivity contribution in [3.05, 3.63) is 0 Å². The predicted octanol–water partition coefficient (Wildman–Crippen LogP) is 0.523. The molecular weight excluding hydrogens is 358 g/mol. The topological polar surface area (TPSA) is 104 Å². The van der Waals surface area contributed by atoms with Crippen LogP contribution in [0.4, 0.5) is 4.79 Å². The number of urea groups is 1. The van der Waals surface area contributed by atoms with E-state index < -0.39 is 27.3 Å². The third kappa shape index (κ3) is 3.45. The second-order valence-electron chi connectivity index (χ2n) is 7.82. The molecule has 146 valence electrons. The van der Waals surface area contributed by atoms with Gasteiger partial charge in [-0.2, -0.15) is 0 Å². The monoisotopic (exact) mass is 385 g/mol. The van der Waals surface area contributed by atoms with E-state index >= 15 is 0 Å². The van der Waals surface area contributed by atoms with Crippen LogP contribution in [0.15, 0.2) is 0 Å². The van der Waals surface area contributed by atoms with Crippen molar-refractivity contribution in [2.24, 2.45) is 5.92 Å². The molecule has 8 nitrogen and oxygen atoms in total. The van der Waals surface area contributed by atoms with Gasteiger partial charge in [-0.25, -0.2) is 13.2 Å². The maximum atomic E-state index is 12.8. The van der Waals surface area contributed by atoms with E-state index in [4.69, 9.17) is 0 Å². The van der Waals surface area contributed by atoms with Crippen LogP contribution in [-0.4, -0.2) is 72.7 Å². The first kappa shape index (κ1) is 19.1. The van der Waals surface area contributed by atoms with Gasteiger partial charge < -0.3 is 10.2 Å². The minimum absolute atomic E-state index is 0.0578. The molecule has 26 heavy (non-hydrogen) atoms. The zero-order chi connectivity index (χ0) is 19.1. The summed E-state index contributed by atoms with van der Waals surface area (Å²) in [5.41, 5.74) is -0.863. The molecule has 2 aliphatic heterocycles. The first-order chi connectivity index (χ1) is 12.2. The summed E-state index contributed by atoms with van der Waals surface area (Å²) in [5, 5.41) is 2.81. The fraction of sp³-hybridized carbons (Fsp3) is 0.824. The number of hydrogen-bond donors (Lipinski definition) is 1. The first-order valence-corrected chi connectivity index (χ1v) is 11.1. The van der Waals surface area contributed by atoms with Crippen molar-refractivity contribution in [1.29, 1.82) is 0 Å². The van der Waals surface area contributed by atoms with Gasteiger partial charge in [-0.1, -0.05) is 13.3 Å². The second kappa shape index (κ2) is 6.83. The number of likely N-dealkylation sites (N-methyl/N-ethyl adjacent to an activating group) is 1. The highest BCUT2D eigenvalue weighted by Crippen LogP contribution is 2.37. The first-order valence-electron chi connectivity index (χ1n) is 9.27. The van der Waals surface area contributed by atoms with Crippen molar-refractivity contribution < 1.29 is 22.8 Å². The van der Waals surface area contributed by atoms with Crippen LogP contribution in [-0.2, 0) is 19.4 Å². The lowest BCUT2D eigenvalue weighted by Crippen LogP contribution is -2.50. The quantitative estimate of drug-likeness (QED) is 0.711. The summed E-state index contributed by atoms with van der Waals surface area (Å²) in [6.45, 7) is 1.79. The van der Waals surface area contributed by atoms with Gasteiger partial charge in [0.25, 0.3) is 5.91 Å². The van der Waals surface area contributed by atoms with Crippen LogP contribution in [0.3, 0.4) is 0 Å². The molecule has 1 N–H and O–H groups in total. The van der Waals surface area contributed by atoms with Gasteiger partial charge in [-0.05, 0) is 38.0 Å². The van der Waals surface area contributed by atoms with E-state index in [-0.39, 0.29) is 30.0 Å². The van der Waals surface area contributed by atoms with Gasteiger partial charge in [0.15, 0.2) is 9.84 Å². The van der Waals surface area contributed by atoms with Crippen molar-refractivity contribution in [3.63, 3.8) is 0 Å². The molecule has 0 radical (unpaired) electrons. The van der Waals surface area contributed by atoms with Crippen molar-refractivity contribution in [2.75, 3.05) is 25.1 Å². The van der Waals surface area contributed by atoms with Crippen molar-refractivity contribution in [2.45, 2.75) is 57.0 Å². The van der Waals surface area contributed by atoms with Gasteiger partial charge in [0, 0.05) is 13.1 Å². The summed E-state index contributed by atoms with van der Waals surface area (Å²) in [7, 11) is -1.57. The van der Waals surface area contributed by atoms with Gasteiger partial charge in [-0.15, -0.1) is 0 Å². The van der Waals surface area contributed by atoms with E-state index in [2.05, 4.69) is 12.2 Å². The highest BCUT2D eigenvalue weighted by molar-refractivity contribution is 7.91. The minimum Gasteiger partial charge on any atom is -0.340 e. The molecule has 2 saturated heterocycles. The summed E-state index contributed by atoms with van der Waals surface area (Å²) in [6.07, 6.45) is 4.46. The lowest BCUT2D eigenvalue weighted by atomic mass is 9.75.